The summed E-state index contributed by atoms with van der Waals surface area (Å²) in [5.74, 6) is 0.677. The Morgan fingerprint density at radius 1 is 1.12 bits per heavy atom. The predicted octanol–water partition coefficient (Wildman–Crippen LogP) is 4.72. The number of carbonyl (C=O) groups excluding carboxylic acids is 1. The molecule has 2 aliphatic rings. The van der Waals surface area contributed by atoms with Gasteiger partial charge in [0.2, 0.25) is 5.91 Å². The Morgan fingerprint density at radius 2 is 1.79 bits per heavy atom. The van der Waals surface area contributed by atoms with E-state index in [1.807, 2.05) is 24.3 Å². The Labute approximate surface area is 198 Å². The minimum atomic E-state index is -4.38. The molecular weight excluding hydrogens is 445 g/mol. The van der Waals surface area contributed by atoms with E-state index < -0.39 is 17.2 Å². The van der Waals surface area contributed by atoms with Crippen molar-refractivity contribution in [3.8, 4) is 5.75 Å². The summed E-state index contributed by atoms with van der Waals surface area (Å²) < 4.78 is 50.0. The van der Waals surface area contributed by atoms with Crippen molar-refractivity contribution >= 4 is 5.91 Å². The van der Waals surface area contributed by atoms with Crippen LogP contribution in [0.5, 0.6) is 5.75 Å². The average Bonchev–Trinajstić information content (AvgIpc) is 3.36. The minimum Gasteiger partial charge on any atom is -0.497 e. The van der Waals surface area contributed by atoms with Crippen LogP contribution in [0, 0.1) is 0 Å². The molecule has 2 fully saturated rings. The number of halogens is 3. The number of amides is 1. The van der Waals surface area contributed by atoms with E-state index in [1.165, 1.54) is 12.1 Å². The molecule has 184 valence electrons. The maximum absolute atomic E-state index is 13.6. The van der Waals surface area contributed by atoms with Gasteiger partial charge in [-0.3, -0.25) is 9.69 Å². The van der Waals surface area contributed by atoms with Crippen molar-refractivity contribution in [2.24, 2.45) is 0 Å². The Bertz CT molecular complexity index is 966. The van der Waals surface area contributed by atoms with Crippen molar-refractivity contribution in [1.82, 2.24) is 10.2 Å². The fraction of sp³-hybridized carbons (Fsp3) is 0.500. The first-order valence-electron chi connectivity index (χ1n) is 11.8. The first kappa shape index (κ1) is 24.5. The lowest BCUT2D eigenvalue weighted by Gasteiger charge is -2.36. The Kier molecular flexibility index (Phi) is 7.48. The monoisotopic (exact) mass is 476 g/mol. The molecule has 1 aliphatic carbocycles. The van der Waals surface area contributed by atoms with Gasteiger partial charge in [-0.15, -0.1) is 0 Å². The molecule has 2 aromatic rings. The van der Waals surface area contributed by atoms with Crippen LogP contribution in [0.15, 0.2) is 48.5 Å². The molecule has 0 radical (unpaired) electrons. The quantitative estimate of drug-likeness (QED) is 0.629. The third-order valence-corrected chi connectivity index (χ3v) is 7.08. The summed E-state index contributed by atoms with van der Waals surface area (Å²) in [6.07, 6.45) is -0.928. The SMILES string of the molecule is COc1cccc(C2(C(=O)NCC(c3ccc(C(F)(F)F)cc3)N3CCOCC3)CCCC2)c1. The summed E-state index contributed by atoms with van der Waals surface area (Å²) in [7, 11) is 1.61. The molecule has 0 spiro atoms. The van der Waals surface area contributed by atoms with Crippen molar-refractivity contribution in [2.75, 3.05) is 40.0 Å². The lowest BCUT2D eigenvalue weighted by Crippen LogP contribution is -2.48. The van der Waals surface area contributed by atoms with Gasteiger partial charge in [0.05, 0.1) is 37.3 Å². The van der Waals surface area contributed by atoms with Gasteiger partial charge in [0.15, 0.2) is 0 Å². The van der Waals surface area contributed by atoms with Gasteiger partial charge in [0.25, 0.3) is 0 Å². The molecule has 1 aliphatic heterocycles. The summed E-state index contributed by atoms with van der Waals surface area (Å²) >= 11 is 0. The molecule has 8 heteroatoms. The predicted molar refractivity (Wildman–Crippen MR) is 123 cm³/mol. The molecule has 1 N–H and O–H groups in total. The molecule has 1 amide bonds. The molecule has 1 saturated heterocycles. The normalized spacial score (nSPS) is 19.5. The van der Waals surface area contributed by atoms with E-state index >= 15 is 0 Å². The second-order valence-electron chi connectivity index (χ2n) is 9.02. The van der Waals surface area contributed by atoms with Crippen LogP contribution in [0.25, 0.3) is 0 Å². The van der Waals surface area contributed by atoms with E-state index in [2.05, 4.69) is 10.2 Å². The van der Waals surface area contributed by atoms with Crippen LogP contribution in [0.3, 0.4) is 0 Å². The van der Waals surface area contributed by atoms with Gasteiger partial charge in [-0.2, -0.15) is 13.2 Å². The number of ether oxygens (including phenoxy) is 2. The number of nitrogens with zero attached hydrogens (tertiary/aromatic N) is 1. The molecule has 0 bridgehead atoms. The largest absolute Gasteiger partial charge is 0.497 e. The van der Waals surface area contributed by atoms with Crippen LogP contribution in [0.4, 0.5) is 13.2 Å². The van der Waals surface area contributed by atoms with Crippen LogP contribution in [-0.4, -0.2) is 50.8 Å². The molecule has 1 heterocycles. The highest BCUT2D eigenvalue weighted by Gasteiger charge is 2.43. The van der Waals surface area contributed by atoms with Crippen molar-refractivity contribution in [3.05, 3.63) is 65.2 Å². The number of benzene rings is 2. The second-order valence-corrected chi connectivity index (χ2v) is 9.02. The topological polar surface area (TPSA) is 50.8 Å². The molecule has 1 saturated carbocycles. The zero-order valence-corrected chi connectivity index (χ0v) is 19.4. The van der Waals surface area contributed by atoms with E-state index in [1.54, 1.807) is 7.11 Å². The van der Waals surface area contributed by atoms with E-state index in [0.717, 1.165) is 48.9 Å². The highest BCUT2D eigenvalue weighted by atomic mass is 19.4. The van der Waals surface area contributed by atoms with Gasteiger partial charge in [-0.25, -0.2) is 0 Å². The molecule has 1 unspecified atom stereocenters. The van der Waals surface area contributed by atoms with E-state index in [-0.39, 0.29) is 11.9 Å². The zero-order valence-electron chi connectivity index (χ0n) is 19.4. The van der Waals surface area contributed by atoms with Crippen molar-refractivity contribution in [2.45, 2.75) is 43.3 Å². The molecule has 4 rings (SSSR count). The Morgan fingerprint density at radius 3 is 2.41 bits per heavy atom. The van der Waals surface area contributed by atoms with Gasteiger partial charge >= 0.3 is 6.18 Å². The summed E-state index contributed by atoms with van der Waals surface area (Å²) in [6, 6.07) is 12.7. The van der Waals surface area contributed by atoms with Crippen LogP contribution >= 0.6 is 0 Å². The molecule has 34 heavy (non-hydrogen) atoms. The number of alkyl halides is 3. The molecule has 5 nitrogen and oxygen atoms in total. The Hall–Kier alpha value is -2.58. The van der Waals surface area contributed by atoms with Gasteiger partial charge in [-0.05, 0) is 48.2 Å². The van der Waals surface area contributed by atoms with Crippen molar-refractivity contribution in [1.29, 1.82) is 0 Å². The maximum Gasteiger partial charge on any atom is 0.416 e. The van der Waals surface area contributed by atoms with E-state index in [0.29, 0.717) is 38.6 Å². The fourth-order valence-electron chi connectivity index (χ4n) is 5.15. The summed E-state index contributed by atoms with van der Waals surface area (Å²) in [5.41, 5.74) is 0.393. The smallest absolute Gasteiger partial charge is 0.416 e. The first-order chi connectivity index (χ1) is 16.3. The third kappa shape index (κ3) is 5.23. The van der Waals surface area contributed by atoms with Crippen LogP contribution in [0.2, 0.25) is 0 Å². The number of morpholine rings is 1. The minimum absolute atomic E-state index is 0.0385. The molecule has 0 aromatic heterocycles. The first-order valence-corrected chi connectivity index (χ1v) is 11.8. The molecular formula is C26H31F3N2O3. The van der Waals surface area contributed by atoms with Gasteiger partial charge in [0, 0.05) is 19.6 Å². The van der Waals surface area contributed by atoms with Gasteiger partial charge < -0.3 is 14.8 Å². The number of methoxy groups -OCH3 is 1. The summed E-state index contributed by atoms with van der Waals surface area (Å²) in [6.45, 7) is 2.73. The standard InChI is InChI=1S/C26H31F3N2O3/c1-33-22-6-4-5-21(17-22)25(11-2-3-12-25)24(32)30-18-23(31-13-15-34-16-14-31)19-7-9-20(10-8-19)26(27,28)29/h4-10,17,23H,2-3,11-16,18H2,1H3,(H,30,32). The van der Waals surface area contributed by atoms with E-state index in [4.69, 9.17) is 9.47 Å². The fourth-order valence-corrected chi connectivity index (χ4v) is 5.15. The lowest BCUT2D eigenvalue weighted by molar-refractivity contribution is -0.137. The highest BCUT2D eigenvalue weighted by Crippen LogP contribution is 2.42. The van der Waals surface area contributed by atoms with Crippen LogP contribution in [0.1, 0.15) is 48.4 Å². The number of carbonyl (C=O) groups is 1. The second kappa shape index (κ2) is 10.4. The maximum atomic E-state index is 13.6. The van der Waals surface area contributed by atoms with Crippen LogP contribution in [-0.2, 0) is 21.1 Å². The van der Waals surface area contributed by atoms with Gasteiger partial charge in [-0.1, -0.05) is 37.1 Å². The van der Waals surface area contributed by atoms with Crippen LogP contribution < -0.4 is 10.1 Å². The Balaban J connectivity index is 1.55. The number of nitrogens with one attached hydrogen (secondary N) is 1. The zero-order chi connectivity index (χ0) is 24.2. The number of rotatable bonds is 7. The van der Waals surface area contributed by atoms with E-state index in [9.17, 15) is 18.0 Å². The van der Waals surface area contributed by atoms with Crippen molar-refractivity contribution in [3.63, 3.8) is 0 Å². The highest BCUT2D eigenvalue weighted by molar-refractivity contribution is 5.88. The summed E-state index contributed by atoms with van der Waals surface area (Å²) in [5, 5.41) is 3.16. The molecule has 2 aromatic carbocycles. The third-order valence-electron chi connectivity index (χ3n) is 7.08. The molecule has 1 atom stereocenters. The number of hydrogen-bond donors (Lipinski definition) is 1. The van der Waals surface area contributed by atoms with Gasteiger partial charge in [0.1, 0.15) is 5.75 Å². The average molecular weight is 477 g/mol. The summed E-state index contributed by atoms with van der Waals surface area (Å²) in [4.78, 5) is 15.8. The number of hydrogen-bond acceptors (Lipinski definition) is 4. The van der Waals surface area contributed by atoms with Crippen molar-refractivity contribution < 1.29 is 27.4 Å². The lowest BCUT2D eigenvalue weighted by atomic mass is 9.77.